The van der Waals surface area contributed by atoms with E-state index in [-0.39, 0.29) is 5.97 Å². The summed E-state index contributed by atoms with van der Waals surface area (Å²) in [4.78, 5) is 10.7. The molecule has 0 radical (unpaired) electrons. The van der Waals surface area contributed by atoms with Crippen LogP contribution in [0.2, 0.25) is 0 Å². The third-order valence-corrected chi connectivity index (χ3v) is 2.95. The zero-order chi connectivity index (χ0) is 10.4. The number of carbonyl (C=O) groups excluding carboxylic acids is 1. The highest BCUT2D eigenvalue weighted by molar-refractivity contribution is 5.65. The molecular formula is C12H18O2. The maximum atomic E-state index is 10.7. The van der Waals surface area contributed by atoms with Crippen LogP contribution in [-0.2, 0) is 9.53 Å². The maximum absolute atomic E-state index is 10.7. The highest BCUT2D eigenvalue weighted by Gasteiger charge is 2.25. The van der Waals surface area contributed by atoms with Crippen LogP contribution >= 0.6 is 0 Å². The van der Waals surface area contributed by atoms with Crippen molar-refractivity contribution >= 4 is 5.97 Å². The van der Waals surface area contributed by atoms with Gasteiger partial charge in [0.05, 0.1) is 6.61 Å². The molecule has 1 rings (SSSR count). The van der Waals surface area contributed by atoms with Gasteiger partial charge in [-0.25, -0.2) is 0 Å². The van der Waals surface area contributed by atoms with Crippen LogP contribution in [0.3, 0.4) is 0 Å². The average molecular weight is 194 g/mol. The van der Waals surface area contributed by atoms with Crippen LogP contribution in [0.4, 0.5) is 0 Å². The molecule has 0 amide bonds. The van der Waals surface area contributed by atoms with Crippen LogP contribution < -0.4 is 0 Å². The molecule has 2 heteroatoms. The molecule has 2 nitrogen and oxygen atoms in total. The van der Waals surface area contributed by atoms with E-state index >= 15 is 0 Å². The van der Waals surface area contributed by atoms with Crippen molar-refractivity contribution in [1.82, 2.24) is 0 Å². The highest BCUT2D eigenvalue weighted by Crippen LogP contribution is 2.32. The van der Waals surface area contributed by atoms with Crippen molar-refractivity contribution < 1.29 is 9.53 Å². The van der Waals surface area contributed by atoms with Gasteiger partial charge in [0, 0.05) is 13.3 Å². The Labute approximate surface area is 86.0 Å². The Morgan fingerprint density at radius 1 is 1.43 bits per heavy atom. The molecule has 0 saturated heterocycles. The van der Waals surface area contributed by atoms with E-state index in [1.807, 2.05) is 0 Å². The molecule has 0 aromatic carbocycles. The van der Waals surface area contributed by atoms with Gasteiger partial charge in [-0.15, -0.1) is 12.3 Å². The normalized spacial score (nSPS) is 26.6. The van der Waals surface area contributed by atoms with Crippen molar-refractivity contribution in [2.24, 2.45) is 11.8 Å². The molecule has 0 aromatic heterocycles. The molecule has 1 aliphatic carbocycles. The van der Waals surface area contributed by atoms with Gasteiger partial charge in [-0.05, 0) is 24.7 Å². The first kappa shape index (κ1) is 11.1. The Hall–Kier alpha value is -0.970. The molecular weight excluding hydrogens is 176 g/mol. The summed E-state index contributed by atoms with van der Waals surface area (Å²) in [5, 5.41) is 0. The quantitative estimate of drug-likeness (QED) is 0.509. The summed E-state index contributed by atoms with van der Waals surface area (Å²) in [5.74, 6) is 3.58. The monoisotopic (exact) mass is 194 g/mol. The SMILES string of the molecule is C#CCC1CCCCC1COC(C)=O. The largest absolute Gasteiger partial charge is 0.466 e. The number of ether oxygens (including phenoxy) is 1. The van der Waals surface area contributed by atoms with Crippen LogP contribution in [0, 0.1) is 24.2 Å². The summed E-state index contributed by atoms with van der Waals surface area (Å²) in [5.41, 5.74) is 0. The molecule has 0 heterocycles. The molecule has 1 saturated carbocycles. The molecule has 14 heavy (non-hydrogen) atoms. The van der Waals surface area contributed by atoms with E-state index < -0.39 is 0 Å². The van der Waals surface area contributed by atoms with Gasteiger partial charge in [0.15, 0.2) is 0 Å². The van der Waals surface area contributed by atoms with E-state index in [4.69, 9.17) is 11.2 Å². The summed E-state index contributed by atoms with van der Waals surface area (Å²) < 4.78 is 5.05. The highest BCUT2D eigenvalue weighted by atomic mass is 16.5. The Balaban J connectivity index is 2.38. The predicted octanol–water partition coefficient (Wildman–Crippen LogP) is 2.38. The lowest BCUT2D eigenvalue weighted by atomic mass is 9.78. The van der Waals surface area contributed by atoms with E-state index in [1.165, 1.54) is 26.2 Å². The van der Waals surface area contributed by atoms with Crippen LogP contribution in [0.1, 0.15) is 39.0 Å². The fraction of sp³-hybridized carbons (Fsp3) is 0.750. The number of carbonyl (C=O) groups is 1. The molecule has 0 spiro atoms. The second-order valence-electron chi connectivity index (χ2n) is 4.02. The maximum Gasteiger partial charge on any atom is 0.302 e. The van der Waals surface area contributed by atoms with E-state index in [2.05, 4.69) is 5.92 Å². The molecule has 1 aliphatic rings. The number of hydrogen-bond donors (Lipinski definition) is 0. The van der Waals surface area contributed by atoms with Gasteiger partial charge in [-0.3, -0.25) is 4.79 Å². The van der Waals surface area contributed by atoms with Crippen LogP contribution in [-0.4, -0.2) is 12.6 Å². The molecule has 0 aromatic rings. The summed E-state index contributed by atoms with van der Waals surface area (Å²) in [6.45, 7) is 2.01. The fourth-order valence-corrected chi connectivity index (χ4v) is 2.15. The lowest BCUT2D eigenvalue weighted by Crippen LogP contribution is -2.24. The standard InChI is InChI=1S/C12H18O2/c1-3-6-11-7-4-5-8-12(11)9-14-10(2)13/h1,11-12H,4-9H2,2H3. The summed E-state index contributed by atoms with van der Waals surface area (Å²) in [7, 11) is 0. The minimum Gasteiger partial charge on any atom is -0.466 e. The predicted molar refractivity (Wildman–Crippen MR) is 55.5 cm³/mol. The van der Waals surface area contributed by atoms with Crippen molar-refractivity contribution in [3.8, 4) is 12.3 Å². The Kier molecular flexibility index (Phi) is 4.52. The first-order valence-corrected chi connectivity index (χ1v) is 5.31. The second-order valence-corrected chi connectivity index (χ2v) is 4.02. The molecule has 0 aliphatic heterocycles. The Bertz CT molecular complexity index is 227. The van der Waals surface area contributed by atoms with E-state index in [0.717, 1.165) is 12.8 Å². The molecule has 0 bridgehead atoms. The minimum atomic E-state index is -0.185. The van der Waals surface area contributed by atoms with Gasteiger partial charge in [-0.1, -0.05) is 12.8 Å². The lowest BCUT2D eigenvalue weighted by Gasteiger charge is -2.29. The molecule has 78 valence electrons. The first-order valence-electron chi connectivity index (χ1n) is 5.31. The number of hydrogen-bond acceptors (Lipinski definition) is 2. The molecule has 1 fully saturated rings. The van der Waals surface area contributed by atoms with Crippen molar-refractivity contribution in [3.05, 3.63) is 0 Å². The summed E-state index contributed by atoms with van der Waals surface area (Å²) >= 11 is 0. The third-order valence-electron chi connectivity index (χ3n) is 2.95. The second kappa shape index (κ2) is 5.70. The van der Waals surface area contributed by atoms with Crippen molar-refractivity contribution in [3.63, 3.8) is 0 Å². The topological polar surface area (TPSA) is 26.3 Å². The summed E-state index contributed by atoms with van der Waals surface area (Å²) in [6.07, 6.45) is 11.0. The number of rotatable bonds is 3. The van der Waals surface area contributed by atoms with Crippen molar-refractivity contribution in [1.29, 1.82) is 0 Å². The zero-order valence-corrected chi connectivity index (χ0v) is 8.79. The molecule has 0 N–H and O–H groups in total. The first-order chi connectivity index (χ1) is 6.74. The fourth-order valence-electron chi connectivity index (χ4n) is 2.15. The number of terminal acetylenes is 1. The Morgan fingerprint density at radius 2 is 2.07 bits per heavy atom. The van der Waals surface area contributed by atoms with Gasteiger partial charge < -0.3 is 4.74 Å². The zero-order valence-electron chi connectivity index (χ0n) is 8.79. The van der Waals surface area contributed by atoms with E-state index in [0.29, 0.717) is 18.4 Å². The van der Waals surface area contributed by atoms with Gasteiger partial charge in [0.2, 0.25) is 0 Å². The van der Waals surface area contributed by atoms with Crippen molar-refractivity contribution in [2.45, 2.75) is 39.0 Å². The minimum absolute atomic E-state index is 0.185. The van der Waals surface area contributed by atoms with Gasteiger partial charge in [0.1, 0.15) is 0 Å². The van der Waals surface area contributed by atoms with Gasteiger partial charge in [0.25, 0.3) is 0 Å². The molecule has 2 unspecified atom stereocenters. The lowest BCUT2D eigenvalue weighted by molar-refractivity contribution is -0.143. The van der Waals surface area contributed by atoms with Crippen LogP contribution in [0.25, 0.3) is 0 Å². The average Bonchev–Trinajstić information content (AvgIpc) is 2.17. The van der Waals surface area contributed by atoms with E-state index in [9.17, 15) is 4.79 Å². The summed E-state index contributed by atoms with van der Waals surface area (Å²) in [6, 6.07) is 0. The van der Waals surface area contributed by atoms with Gasteiger partial charge >= 0.3 is 5.97 Å². The van der Waals surface area contributed by atoms with E-state index in [1.54, 1.807) is 0 Å². The van der Waals surface area contributed by atoms with Crippen molar-refractivity contribution in [2.75, 3.05) is 6.61 Å². The molecule has 2 atom stereocenters. The van der Waals surface area contributed by atoms with Crippen LogP contribution in [0.15, 0.2) is 0 Å². The number of esters is 1. The smallest absolute Gasteiger partial charge is 0.302 e. The Morgan fingerprint density at radius 3 is 2.64 bits per heavy atom. The third kappa shape index (κ3) is 3.41. The van der Waals surface area contributed by atoms with Crippen LogP contribution in [0.5, 0.6) is 0 Å². The van der Waals surface area contributed by atoms with Gasteiger partial charge in [-0.2, -0.15) is 0 Å².